The predicted molar refractivity (Wildman–Crippen MR) is 77.0 cm³/mol. The van der Waals surface area contributed by atoms with Crippen LogP contribution in [0.3, 0.4) is 0 Å². The van der Waals surface area contributed by atoms with Crippen molar-refractivity contribution in [3.63, 3.8) is 0 Å². The van der Waals surface area contributed by atoms with Crippen molar-refractivity contribution in [2.24, 2.45) is 4.99 Å². The van der Waals surface area contributed by atoms with E-state index in [-0.39, 0.29) is 0 Å². The fourth-order valence-corrected chi connectivity index (χ4v) is 2.73. The molecule has 1 unspecified atom stereocenters. The fourth-order valence-electron chi connectivity index (χ4n) is 1.83. The van der Waals surface area contributed by atoms with Gasteiger partial charge in [0.05, 0.1) is 11.1 Å². The van der Waals surface area contributed by atoms with E-state index in [1.54, 1.807) is 0 Å². The summed E-state index contributed by atoms with van der Waals surface area (Å²) >= 11 is 1.85. The summed E-state index contributed by atoms with van der Waals surface area (Å²) in [6.45, 7) is 4.22. The Morgan fingerprint density at radius 2 is 2.24 bits per heavy atom. The summed E-state index contributed by atoms with van der Waals surface area (Å²) in [6, 6.07) is 6.37. The van der Waals surface area contributed by atoms with Crippen molar-refractivity contribution in [2.45, 2.75) is 25.6 Å². The maximum Gasteiger partial charge on any atom is 0.0832 e. The minimum Gasteiger partial charge on any atom is -0.367 e. The summed E-state index contributed by atoms with van der Waals surface area (Å²) in [5.74, 6) is 0. The maximum absolute atomic E-state index is 4.55. The van der Waals surface area contributed by atoms with Crippen LogP contribution in [0.25, 0.3) is 0 Å². The minimum atomic E-state index is 0.504. The van der Waals surface area contributed by atoms with Crippen LogP contribution in [0.1, 0.15) is 17.5 Å². The van der Waals surface area contributed by atoms with Crippen LogP contribution in [-0.4, -0.2) is 23.5 Å². The molecule has 1 aromatic rings. The Morgan fingerprint density at radius 1 is 1.41 bits per heavy atom. The molecule has 2 nitrogen and oxygen atoms in total. The molecule has 1 aliphatic rings. The first kappa shape index (κ1) is 12.2. The van der Waals surface area contributed by atoms with E-state index in [1.165, 1.54) is 11.1 Å². The average molecular weight is 246 g/mol. The molecule has 0 saturated carbocycles. The first-order valence-electron chi connectivity index (χ1n) is 5.80. The van der Waals surface area contributed by atoms with Gasteiger partial charge in [-0.15, -0.1) is 11.8 Å². The minimum absolute atomic E-state index is 0.504. The molecule has 3 heteroatoms. The van der Waals surface area contributed by atoms with E-state index in [1.807, 2.05) is 18.0 Å². The summed E-state index contributed by atoms with van der Waals surface area (Å²) in [5, 5.41) is 2.64. The van der Waals surface area contributed by atoms with Gasteiger partial charge in [-0.3, -0.25) is 4.99 Å². The number of hydrogen-bond donors (Lipinski definition) is 0. The second-order valence-corrected chi connectivity index (χ2v) is 5.47. The van der Waals surface area contributed by atoms with E-state index in [0.717, 1.165) is 12.1 Å². The van der Waals surface area contributed by atoms with Gasteiger partial charge in [0.1, 0.15) is 0 Å². The maximum atomic E-state index is 4.55. The molecule has 0 fully saturated rings. The van der Waals surface area contributed by atoms with Gasteiger partial charge in [-0.25, -0.2) is 0 Å². The third-order valence-corrected chi connectivity index (χ3v) is 3.99. The Labute approximate surface area is 107 Å². The van der Waals surface area contributed by atoms with Gasteiger partial charge in [-0.2, -0.15) is 0 Å². The number of hydrogen-bond acceptors (Lipinski definition) is 3. The first-order chi connectivity index (χ1) is 8.16. The summed E-state index contributed by atoms with van der Waals surface area (Å²) < 4.78 is 0. The van der Waals surface area contributed by atoms with Crippen molar-refractivity contribution in [1.82, 2.24) is 4.90 Å². The molecule has 0 amide bonds. The smallest absolute Gasteiger partial charge is 0.0832 e. The standard InChI is InChI=1S/C14H18N2S/c1-11-4-5-13(12(2)10-11)15-7-6-14-16(3)8-9-17-14/h4-5,7-10,14H,6H2,1-3H3. The second kappa shape index (κ2) is 5.41. The lowest BCUT2D eigenvalue weighted by Crippen LogP contribution is -2.19. The molecular formula is C14H18N2S. The number of rotatable bonds is 3. The Morgan fingerprint density at radius 3 is 2.88 bits per heavy atom. The SMILES string of the molecule is Cc1ccc(N=CCC2SC=CN2C)c(C)c1. The van der Waals surface area contributed by atoms with Gasteiger partial charge in [0.25, 0.3) is 0 Å². The number of nitrogens with zero attached hydrogens (tertiary/aromatic N) is 2. The lowest BCUT2D eigenvalue weighted by atomic mass is 10.1. The summed E-state index contributed by atoms with van der Waals surface area (Å²) in [7, 11) is 2.10. The summed E-state index contributed by atoms with van der Waals surface area (Å²) in [4.78, 5) is 6.77. The normalized spacial score (nSPS) is 19.5. The van der Waals surface area contributed by atoms with Crippen molar-refractivity contribution < 1.29 is 0 Å². The molecule has 0 spiro atoms. The van der Waals surface area contributed by atoms with Crippen molar-refractivity contribution in [1.29, 1.82) is 0 Å². The van der Waals surface area contributed by atoms with Gasteiger partial charge in [0, 0.05) is 25.9 Å². The van der Waals surface area contributed by atoms with Gasteiger partial charge in [0.2, 0.25) is 0 Å². The molecule has 0 N–H and O–H groups in total. The molecule has 2 rings (SSSR count). The highest BCUT2D eigenvalue weighted by Gasteiger charge is 2.14. The van der Waals surface area contributed by atoms with Crippen LogP contribution in [0.2, 0.25) is 0 Å². The fraction of sp³-hybridized carbons (Fsp3) is 0.357. The van der Waals surface area contributed by atoms with E-state index in [4.69, 9.17) is 0 Å². The van der Waals surface area contributed by atoms with Crippen molar-refractivity contribution >= 4 is 23.7 Å². The largest absolute Gasteiger partial charge is 0.367 e. The molecule has 0 aliphatic carbocycles. The van der Waals surface area contributed by atoms with Gasteiger partial charge < -0.3 is 4.90 Å². The highest BCUT2D eigenvalue weighted by atomic mass is 32.2. The van der Waals surface area contributed by atoms with Crippen LogP contribution < -0.4 is 0 Å². The molecule has 0 radical (unpaired) electrons. The monoisotopic (exact) mass is 246 g/mol. The zero-order chi connectivity index (χ0) is 12.3. The molecule has 1 atom stereocenters. The summed E-state index contributed by atoms with van der Waals surface area (Å²) in [5.41, 5.74) is 3.61. The highest BCUT2D eigenvalue weighted by molar-refractivity contribution is 8.02. The number of benzene rings is 1. The lowest BCUT2D eigenvalue weighted by molar-refractivity contribution is 0.447. The van der Waals surface area contributed by atoms with Crippen molar-refractivity contribution in [3.8, 4) is 0 Å². The van der Waals surface area contributed by atoms with Crippen LogP contribution in [0.5, 0.6) is 0 Å². The predicted octanol–water partition coefficient (Wildman–Crippen LogP) is 3.87. The quantitative estimate of drug-likeness (QED) is 0.752. The Bertz CT molecular complexity index is 452. The Hall–Kier alpha value is -1.22. The van der Waals surface area contributed by atoms with Crippen LogP contribution in [0.15, 0.2) is 34.8 Å². The number of aryl methyl sites for hydroxylation is 2. The van der Waals surface area contributed by atoms with Crippen molar-refractivity contribution in [2.75, 3.05) is 7.05 Å². The van der Waals surface area contributed by atoms with Crippen LogP contribution >= 0.6 is 11.8 Å². The van der Waals surface area contributed by atoms with Gasteiger partial charge in [-0.05, 0) is 30.9 Å². The third kappa shape index (κ3) is 3.13. The lowest BCUT2D eigenvalue weighted by Gasteiger charge is -2.17. The number of aliphatic imine (C=N–C) groups is 1. The zero-order valence-corrected chi connectivity index (χ0v) is 11.4. The molecule has 90 valence electrons. The van der Waals surface area contributed by atoms with Crippen molar-refractivity contribution in [3.05, 3.63) is 40.9 Å². The van der Waals surface area contributed by atoms with Crippen LogP contribution in [0.4, 0.5) is 5.69 Å². The zero-order valence-electron chi connectivity index (χ0n) is 10.6. The molecule has 0 aromatic heterocycles. The van der Waals surface area contributed by atoms with E-state index in [9.17, 15) is 0 Å². The molecule has 1 aromatic carbocycles. The Balaban J connectivity index is 1.96. The van der Waals surface area contributed by atoms with E-state index >= 15 is 0 Å². The number of thioether (sulfide) groups is 1. The highest BCUT2D eigenvalue weighted by Crippen LogP contribution is 2.25. The second-order valence-electron chi connectivity index (χ2n) is 4.38. The topological polar surface area (TPSA) is 15.6 Å². The van der Waals surface area contributed by atoms with Crippen LogP contribution in [-0.2, 0) is 0 Å². The van der Waals surface area contributed by atoms with Crippen LogP contribution in [0, 0.1) is 13.8 Å². The average Bonchev–Trinajstić information content (AvgIpc) is 2.68. The molecule has 1 heterocycles. The van der Waals surface area contributed by atoms with Gasteiger partial charge >= 0.3 is 0 Å². The molecule has 0 saturated heterocycles. The van der Waals surface area contributed by atoms with Gasteiger partial charge in [0.15, 0.2) is 0 Å². The molecule has 17 heavy (non-hydrogen) atoms. The van der Waals surface area contributed by atoms with E-state index < -0.39 is 0 Å². The molecule has 0 bridgehead atoms. The van der Waals surface area contributed by atoms with E-state index in [0.29, 0.717) is 5.37 Å². The summed E-state index contributed by atoms with van der Waals surface area (Å²) in [6.07, 6.45) is 5.11. The van der Waals surface area contributed by atoms with E-state index in [2.05, 4.69) is 60.6 Å². The molecule has 1 aliphatic heterocycles. The molecular weight excluding hydrogens is 228 g/mol. The first-order valence-corrected chi connectivity index (χ1v) is 6.75. The third-order valence-electron chi connectivity index (χ3n) is 2.88. The van der Waals surface area contributed by atoms with Gasteiger partial charge in [-0.1, -0.05) is 17.7 Å². The Kier molecular flexibility index (Phi) is 3.89.